The van der Waals surface area contributed by atoms with Gasteiger partial charge in [0.05, 0.1) is 10.5 Å². The highest BCUT2D eigenvalue weighted by molar-refractivity contribution is 5.77. The Morgan fingerprint density at radius 1 is 1.32 bits per heavy atom. The maximum atomic E-state index is 12.0. The van der Waals surface area contributed by atoms with Crippen molar-refractivity contribution in [1.82, 2.24) is 5.32 Å². The second-order valence-corrected chi connectivity index (χ2v) is 5.19. The number of amides is 1. The molecule has 22 heavy (non-hydrogen) atoms. The van der Waals surface area contributed by atoms with Gasteiger partial charge in [-0.15, -0.1) is 0 Å². The number of nitro groups is 1. The maximum absolute atomic E-state index is 12.0. The lowest BCUT2D eigenvalue weighted by atomic mass is 9.93. The van der Waals surface area contributed by atoms with Gasteiger partial charge in [-0.1, -0.05) is 26.0 Å². The normalized spacial score (nSPS) is 11.0. The van der Waals surface area contributed by atoms with Crippen LogP contribution in [0.2, 0.25) is 0 Å². The largest absolute Gasteiger partial charge is 0.379 e. The fraction of sp³-hybridized carbons (Fsp3) is 0.533. The van der Waals surface area contributed by atoms with Crippen LogP contribution >= 0.6 is 0 Å². The van der Waals surface area contributed by atoms with Crippen molar-refractivity contribution in [3.8, 4) is 0 Å². The molecule has 0 aliphatic carbocycles. The molecule has 0 atom stereocenters. The third kappa shape index (κ3) is 4.70. The average Bonchev–Trinajstić information content (AvgIpc) is 2.53. The van der Waals surface area contributed by atoms with Crippen molar-refractivity contribution in [3.63, 3.8) is 0 Å². The molecule has 1 amide bonds. The summed E-state index contributed by atoms with van der Waals surface area (Å²) in [6.45, 7) is 4.69. The van der Waals surface area contributed by atoms with Crippen LogP contribution in [0.25, 0.3) is 0 Å². The Morgan fingerprint density at radius 2 is 1.95 bits per heavy atom. The topological polar surface area (TPSA) is 110 Å². The van der Waals surface area contributed by atoms with Crippen molar-refractivity contribution in [2.24, 2.45) is 5.73 Å². The second-order valence-electron chi connectivity index (χ2n) is 5.19. The van der Waals surface area contributed by atoms with E-state index in [1.165, 1.54) is 6.07 Å². The summed E-state index contributed by atoms with van der Waals surface area (Å²) < 4.78 is 0. The van der Waals surface area contributed by atoms with Gasteiger partial charge in [-0.2, -0.15) is 0 Å². The highest BCUT2D eigenvalue weighted by Gasteiger charge is 2.25. The number of anilines is 1. The van der Waals surface area contributed by atoms with Crippen LogP contribution in [0.15, 0.2) is 24.3 Å². The number of carbonyl (C=O) groups is 1. The van der Waals surface area contributed by atoms with E-state index in [1.807, 2.05) is 13.8 Å². The van der Waals surface area contributed by atoms with Crippen molar-refractivity contribution in [2.45, 2.75) is 38.6 Å². The van der Waals surface area contributed by atoms with Crippen molar-refractivity contribution in [1.29, 1.82) is 0 Å². The molecule has 7 heteroatoms. The zero-order valence-electron chi connectivity index (χ0n) is 13.1. The molecule has 0 bridgehead atoms. The van der Waals surface area contributed by atoms with E-state index in [4.69, 9.17) is 5.73 Å². The number of rotatable bonds is 9. The minimum absolute atomic E-state index is 0.00123. The molecule has 0 aliphatic rings. The zero-order valence-corrected chi connectivity index (χ0v) is 13.1. The standard InChI is InChI=1S/C15H24N4O3/c1-3-15(4-2,11-16)18-14(20)9-10-17-12-7-5-6-8-13(12)19(21)22/h5-8,17H,3-4,9-11,16H2,1-2H3,(H,18,20). The lowest BCUT2D eigenvalue weighted by molar-refractivity contribution is -0.384. The molecule has 4 N–H and O–H groups in total. The number of nitro benzene ring substituents is 1. The van der Waals surface area contributed by atoms with Gasteiger partial charge >= 0.3 is 0 Å². The molecule has 1 rings (SSSR count). The monoisotopic (exact) mass is 308 g/mol. The molecule has 0 saturated heterocycles. The highest BCUT2D eigenvalue weighted by Crippen LogP contribution is 2.22. The smallest absolute Gasteiger partial charge is 0.292 e. The third-order valence-corrected chi connectivity index (χ3v) is 3.92. The van der Waals surface area contributed by atoms with Crippen LogP contribution in [0.1, 0.15) is 33.1 Å². The minimum Gasteiger partial charge on any atom is -0.379 e. The second kappa shape index (κ2) is 8.33. The number of hydrogen-bond donors (Lipinski definition) is 3. The van der Waals surface area contributed by atoms with Crippen molar-refractivity contribution in [3.05, 3.63) is 34.4 Å². The Labute approximate surface area is 130 Å². The molecule has 0 radical (unpaired) electrons. The summed E-state index contributed by atoms with van der Waals surface area (Å²) in [5, 5.41) is 16.8. The summed E-state index contributed by atoms with van der Waals surface area (Å²) in [4.78, 5) is 22.5. The quantitative estimate of drug-likeness (QED) is 0.477. The summed E-state index contributed by atoms with van der Waals surface area (Å²) in [5.74, 6) is -0.111. The van der Waals surface area contributed by atoms with Crippen molar-refractivity contribution >= 4 is 17.3 Å². The van der Waals surface area contributed by atoms with E-state index in [0.717, 1.165) is 12.8 Å². The lowest BCUT2D eigenvalue weighted by Crippen LogP contribution is -2.53. The molecule has 0 unspecified atom stereocenters. The Kier molecular flexibility index (Phi) is 6.78. The van der Waals surface area contributed by atoms with Crippen LogP contribution in [0.4, 0.5) is 11.4 Å². The summed E-state index contributed by atoms with van der Waals surface area (Å²) in [6.07, 6.45) is 1.76. The molecule has 0 heterocycles. The number of nitrogens with one attached hydrogen (secondary N) is 2. The van der Waals surface area contributed by atoms with Gasteiger partial charge in [-0.3, -0.25) is 14.9 Å². The van der Waals surface area contributed by atoms with Gasteiger partial charge < -0.3 is 16.4 Å². The summed E-state index contributed by atoms with van der Waals surface area (Å²) in [5.41, 5.74) is 5.79. The van der Waals surface area contributed by atoms with E-state index in [1.54, 1.807) is 18.2 Å². The van der Waals surface area contributed by atoms with Crippen LogP contribution in [0.3, 0.4) is 0 Å². The fourth-order valence-corrected chi connectivity index (χ4v) is 2.22. The Balaban J connectivity index is 2.54. The van der Waals surface area contributed by atoms with Gasteiger partial charge in [0.25, 0.3) is 5.69 Å². The van der Waals surface area contributed by atoms with E-state index in [2.05, 4.69) is 10.6 Å². The van der Waals surface area contributed by atoms with Gasteiger partial charge in [0.1, 0.15) is 5.69 Å². The van der Waals surface area contributed by atoms with Gasteiger partial charge in [0.15, 0.2) is 0 Å². The first kappa shape index (κ1) is 17.9. The molecule has 0 spiro atoms. The molecular weight excluding hydrogens is 284 g/mol. The molecule has 7 nitrogen and oxygen atoms in total. The predicted octanol–water partition coefficient (Wildman–Crippen LogP) is 2.03. The van der Waals surface area contributed by atoms with Gasteiger partial charge in [0, 0.05) is 25.6 Å². The first-order valence-electron chi connectivity index (χ1n) is 7.46. The van der Waals surface area contributed by atoms with Gasteiger partial charge in [-0.05, 0) is 18.9 Å². The number of benzene rings is 1. The fourth-order valence-electron chi connectivity index (χ4n) is 2.22. The SMILES string of the molecule is CCC(CC)(CN)NC(=O)CCNc1ccccc1[N+](=O)[O-]. The maximum Gasteiger partial charge on any atom is 0.292 e. The molecular formula is C15H24N4O3. The Bertz CT molecular complexity index is 507. The van der Waals surface area contributed by atoms with Crippen LogP contribution < -0.4 is 16.4 Å². The van der Waals surface area contributed by atoms with Crippen LogP contribution in [0.5, 0.6) is 0 Å². The summed E-state index contributed by atoms with van der Waals surface area (Å²) in [7, 11) is 0. The Morgan fingerprint density at radius 3 is 2.50 bits per heavy atom. The van der Waals surface area contributed by atoms with E-state index >= 15 is 0 Å². The molecule has 1 aromatic rings. The van der Waals surface area contributed by atoms with E-state index in [-0.39, 0.29) is 23.6 Å². The molecule has 122 valence electrons. The molecule has 0 fully saturated rings. The first-order valence-corrected chi connectivity index (χ1v) is 7.46. The van der Waals surface area contributed by atoms with Gasteiger partial charge in [-0.25, -0.2) is 0 Å². The number of para-hydroxylation sites is 2. The zero-order chi connectivity index (χ0) is 16.6. The number of nitrogens with two attached hydrogens (primary N) is 1. The third-order valence-electron chi connectivity index (χ3n) is 3.92. The molecule has 0 aromatic heterocycles. The average molecular weight is 308 g/mol. The van der Waals surface area contributed by atoms with Crippen LogP contribution in [-0.4, -0.2) is 29.5 Å². The molecule has 0 saturated carbocycles. The van der Waals surface area contributed by atoms with Crippen LogP contribution in [-0.2, 0) is 4.79 Å². The number of nitrogens with zero attached hydrogens (tertiary/aromatic N) is 1. The highest BCUT2D eigenvalue weighted by atomic mass is 16.6. The van der Waals surface area contributed by atoms with Crippen molar-refractivity contribution < 1.29 is 9.72 Å². The minimum atomic E-state index is -0.448. The van der Waals surface area contributed by atoms with Gasteiger partial charge in [0.2, 0.25) is 5.91 Å². The molecule has 0 aliphatic heterocycles. The number of carbonyl (C=O) groups excluding carboxylic acids is 1. The first-order chi connectivity index (χ1) is 10.5. The Hall–Kier alpha value is -2.15. The molecule has 1 aromatic carbocycles. The number of hydrogen-bond acceptors (Lipinski definition) is 5. The van der Waals surface area contributed by atoms with E-state index in [9.17, 15) is 14.9 Å². The van der Waals surface area contributed by atoms with Crippen LogP contribution in [0, 0.1) is 10.1 Å². The van der Waals surface area contributed by atoms with Crippen molar-refractivity contribution in [2.75, 3.05) is 18.4 Å². The predicted molar refractivity (Wildman–Crippen MR) is 86.7 cm³/mol. The lowest BCUT2D eigenvalue weighted by Gasteiger charge is -2.31. The summed E-state index contributed by atoms with van der Waals surface area (Å²) >= 11 is 0. The summed E-state index contributed by atoms with van der Waals surface area (Å²) in [6, 6.07) is 6.37. The van der Waals surface area contributed by atoms with E-state index < -0.39 is 4.92 Å². The van der Waals surface area contributed by atoms with E-state index in [0.29, 0.717) is 18.8 Å².